The minimum Gasteiger partial charge on any atom is -0.488 e. The first-order valence-corrected chi connectivity index (χ1v) is 8.21. The smallest absolute Gasteiger partial charge is 0.273 e. The number of hydrogen-bond acceptors (Lipinski definition) is 4. The summed E-state index contributed by atoms with van der Waals surface area (Å²) in [5.41, 5.74) is 3.49. The van der Waals surface area contributed by atoms with Crippen LogP contribution in [0.5, 0.6) is 5.75 Å². The van der Waals surface area contributed by atoms with Crippen molar-refractivity contribution in [1.82, 2.24) is 20.3 Å². The average molecular weight is 334 g/mol. The van der Waals surface area contributed by atoms with Gasteiger partial charge in [0.25, 0.3) is 5.91 Å². The van der Waals surface area contributed by atoms with Crippen molar-refractivity contribution in [3.8, 4) is 11.4 Å². The molecule has 0 spiro atoms. The highest BCUT2D eigenvalue weighted by Crippen LogP contribution is 2.27. The molecular weight excluding hydrogens is 316 g/mol. The van der Waals surface area contributed by atoms with Crippen LogP contribution in [0.2, 0.25) is 0 Å². The van der Waals surface area contributed by atoms with Crippen molar-refractivity contribution >= 4 is 5.91 Å². The van der Waals surface area contributed by atoms with E-state index in [4.69, 9.17) is 4.74 Å². The highest BCUT2D eigenvalue weighted by Gasteiger charge is 2.23. The molecule has 1 atom stereocenters. The van der Waals surface area contributed by atoms with Crippen molar-refractivity contribution in [3.63, 3.8) is 0 Å². The van der Waals surface area contributed by atoms with Gasteiger partial charge in [-0.15, -0.1) is 5.10 Å². The summed E-state index contributed by atoms with van der Waals surface area (Å²) < 4.78 is 7.42. The minimum atomic E-state index is -0.252. The molecular formula is C19H18N4O2. The van der Waals surface area contributed by atoms with E-state index >= 15 is 0 Å². The van der Waals surface area contributed by atoms with Gasteiger partial charge in [0.15, 0.2) is 5.69 Å². The van der Waals surface area contributed by atoms with Gasteiger partial charge in [0, 0.05) is 6.42 Å². The molecule has 1 aliphatic heterocycles. The van der Waals surface area contributed by atoms with Crippen molar-refractivity contribution in [1.29, 1.82) is 0 Å². The highest BCUT2D eigenvalue weighted by atomic mass is 16.5. The highest BCUT2D eigenvalue weighted by molar-refractivity contribution is 5.91. The molecule has 0 bridgehead atoms. The number of hydrogen-bond donors (Lipinski definition) is 1. The summed E-state index contributed by atoms with van der Waals surface area (Å²) in [5.74, 6) is 0.644. The maximum atomic E-state index is 12.3. The van der Waals surface area contributed by atoms with Crippen LogP contribution in [0.25, 0.3) is 5.69 Å². The fourth-order valence-corrected chi connectivity index (χ4v) is 2.86. The lowest BCUT2D eigenvalue weighted by molar-refractivity contribution is 0.0928. The molecule has 3 aromatic rings. The van der Waals surface area contributed by atoms with Crippen molar-refractivity contribution < 1.29 is 9.53 Å². The largest absolute Gasteiger partial charge is 0.488 e. The monoisotopic (exact) mass is 334 g/mol. The molecule has 1 amide bonds. The zero-order valence-electron chi connectivity index (χ0n) is 13.8. The number of rotatable bonds is 4. The molecule has 2 heterocycles. The molecule has 1 aromatic heterocycles. The molecule has 0 fully saturated rings. The van der Waals surface area contributed by atoms with E-state index in [0.29, 0.717) is 6.54 Å². The molecule has 1 unspecified atom stereocenters. The summed E-state index contributed by atoms with van der Waals surface area (Å²) in [7, 11) is 0. The molecule has 1 N–H and O–H groups in total. The molecule has 1 aliphatic rings. The SMILES string of the molecule is Cc1ccc(-n2cc(C(=O)NCC3Cc4ccccc4O3)nn2)cc1. The molecule has 2 aromatic carbocycles. The Balaban J connectivity index is 1.37. The fraction of sp³-hybridized carbons (Fsp3) is 0.211. The predicted molar refractivity (Wildman–Crippen MR) is 93.0 cm³/mol. The number of nitrogens with zero attached hydrogens (tertiary/aromatic N) is 3. The Morgan fingerprint density at radius 2 is 2.04 bits per heavy atom. The van der Waals surface area contributed by atoms with Gasteiger partial charge in [-0.2, -0.15) is 0 Å². The molecule has 25 heavy (non-hydrogen) atoms. The number of carbonyl (C=O) groups is 1. The van der Waals surface area contributed by atoms with Crippen LogP contribution in [0, 0.1) is 6.92 Å². The maximum absolute atomic E-state index is 12.3. The van der Waals surface area contributed by atoms with Crippen LogP contribution in [0.3, 0.4) is 0 Å². The first-order valence-electron chi connectivity index (χ1n) is 8.21. The third-order valence-electron chi connectivity index (χ3n) is 4.23. The topological polar surface area (TPSA) is 69.0 Å². The number of nitrogens with one attached hydrogen (secondary N) is 1. The van der Waals surface area contributed by atoms with E-state index in [-0.39, 0.29) is 17.7 Å². The van der Waals surface area contributed by atoms with Crippen LogP contribution in [0.4, 0.5) is 0 Å². The number of aryl methyl sites for hydroxylation is 1. The van der Waals surface area contributed by atoms with Crippen LogP contribution in [0.1, 0.15) is 21.6 Å². The van der Waals surface area contributed by atoms with Crippen LogP contribution in [-0.4, -0.2) is 33.5 Å². The number of ether oxygens (including phenoxy) is 1. The van der Waals surface area contributed by atoms with Gasteiger partial charge in [0.1, 0.15) is 11.9 Å². The Morgan fingerprint density at radius 1 is 1.24 bits per heavy atom. The van der Waals surface area contributed by atoms with E-state index in [1.807, 2.05) is 55.5 Å². The van der Waals surface area contributed by atoms with E-state index in [2.05, 4.69) is 15.6 Å². The number of fused-ring (bicyclic) bond motifs is 1. The Labute approximate surface area is 145 Å². The zero-order chi connectivity index (χ0) is 17.2. The lowest BCUT2D eigenvalue weighted by Crippen LogP contribution is -2.34. The van der Waals surface area contributed by atoms with Gasteiger partial charge in [-0.3, -0.25) is 4.79 Å². The number of carbonyl (C=O) groups excluding carboxylic acids is 1. The molecule has 6 nitrogen and oxygen atoms in total. The Hall–Kier alpha value is -3.15. The van der Waals surface area contributed by atoms with E-state index in [0.717, 1.165) is 17.9 Å². The fourth-order valence-electron chi connectivity index (χ4n) is 2.86. The Morgan fingerprint density at radius 3 is 2.84 bits per heavy atom. The van der Waals surface area contributed by atoms with Crippen LogP contribution in [0.15, 0.2) is 54.7 Å². The number of aromatic nitrogens is 3. The lowest BCUT2D eigenvalue weighted by atomic mass is 10.1. The lowest BCUT2D eigenvalue weighted by Gasteiger charge is -2.10. The van der Waals surface area contributed by atoms with E-state index in [1.54, 1.807) is 10.9 Å². The van der Waals surface area contributed by atoms with Gasteiger partial charge in [-0.25, -0.2) is 4.68 Å². The number of amides is 1. The van der Waals surface area contributed by atoms with Crippen molar-refractivity contribution in [2.75, 3.05) is 6.54 Å². The average Bonchev–Trinajstić information content (AvgIpc) is 3.27. The summed E-state index contributed by atoms with van der Waals surface area (Å²) in [4.78, 5) is 12.3. The molecule has 0 aliphatic carbocycles. The van der Waals surface area contributed by atoms with E-state index in [9.17, 15) is 4.79 Å². The summed E-state index contributed by atoms with van der Waals surface area (Å²) >= 11 is 0. The molecule has 0 radical (unpaired) electrons. The van der Waals surface area contributed by atoms with Gasteiger partial charge < -0.3 is 10.1 Å². The van der Waals surface area contributed by atoms with Crippen molar-refractivity contribution in [2.24, 2.45) is 0 Å². The van der Waals surface area contributed by atoms with Crippen molar-refractivity contribution in [3.05, 3.63) is 71.5 Å². The van der Waals surface area contributed by atoms with Gasteiger partial charge >= 0.3 is 0 Å². The Kier molecular flexibility index (Phi) is 3.93. The van der Waals surface area contributed by atoms with Crippen LogP contribution in [-0.2, 0) is 6.42 Å². The first kappa shape index (κ1) is 15.4. The minimum absolute atomic E-state index is 0.0477. The van der Waals surface area contributed by atoms with Gasteiger partial charge in [0.05, 0.1) is 18.4 Å². The normalized spacial score (nSPS) is 15.5. The second-order valence-corrected chi connectivity index (χ2v) is 6.15. The van der Waals surface area contributed by atoms with Crippen molar-refractivity contribution in [2.45, 2.75) is 19.4 Å². The van der Waals surface area contributed by atoms with E-state index < -0.39 is 0 Å². The molecule has 0 saturated carbocycles. The second-order valence-electron chi connectivity index (χ2n) is 6.15. The summed E-state index contributed by atoms with van der Waals surface area (Å²) in [6, 6.07) is 15.8. The summed E-state index contributed by atoms with van der Waals surface area (Å²) in [6.45, 7) is 2.46. The zero-order valence-corrected chi connectivity index (χ0v) is 13.8. The number of benzene rings is 2. The van der Waals surface area contributed by atoms with Gasteiger partial charge in [-0.1, -0.05) is 41.1 Å². The number of para-hydroxylation sites is 1. The second kappa shape index (κ2) is 6.39. The maximum Gasteiger partial charge on any atom is 0.273 e. The molecule has 126 valence electrons. The predicted octanol–water partition coefficient (Wildman–Crippen LogP) is 2.31. The van der Waals surface area contributed by atoms with Crippen LogP contribution < -0.4 is 10.1 Å². The van der Waals surface area contributed by atoms with Crippen LogP contribution >= 0.6 is 0 Å². The molecule has 4 rings (SSSR count). The molecule has 6 heteroatoms. The third kappa shape index (κ3) is 3.24. The summed E-state index contributed by atoms with van der Waals surface area (Å²) in [6.07, 6.45) is 2.38. The third-order valence-corrected chi connectivity index (χ3v) is 4.23. The first-order chi connectivity index (χ1) is 12.2. The van der Waals surface area contributed by atoms with Gasteiger partial charge in [-0.05, 0) is 30.7 Å². The standard InChI is InChI=1S/C19H18N4O2/c1-13-6-8-15(9-7-13)23-12-17(21-22-23)19(24)20-11-16-10-14-4-2-3-5-18(14)25-16/h2-9,12,16H,10-11H2,1H3,(H,20,24). The Bertz CT molecular complexity index is 877. The van der Waals surface area contributed by atoms with Gasteiger partial charge in [0.2, 0.25) is 0 Å². The summed E-state index contributed by atoms with van der Waals surface area (Å²) in [5, 5.41) is 10.9. The molecule has 0 saturated heterocycles. The quantitative estimate of drug-likeness (QED) is 0.795. The van der Waals surface area contributed by atoms with E-state index in [1.165, 1.54) is 11.1 Å².